The fourth-order valence-corrected chi connectivity index (χ4v) is 5.83. The molecule has 1 aliphatic carbocycles. The molecule has 4 nitrogen and oxygen atoms in total. The predicted octanol–water partition coefficient (Wildman–Crippen LogP) is 6.75. The van der Waals surface area contributed by atoms with Gasteiger partial charge in [0.2, 0.25) is 0 Å². The molecule has 0 unspecified atom stereocenters. The van der Waals surface area contributed by atoms with Gasteiger partial charge < -0.3 is 10.1 Å². The molecule has 30 heavy (non-hydrogen) atoms. The molecule has 1 fully saturated rings. The third-order valence-corrected chi connectivity index (χ3v) is 6.96. The molecule has 0 aromatic heterocycles. The zero-order valence-corrected chi connectivity index (χ0v) is 21.7. The van der Waals surface area contributed by atoms with Gasteiger partial charge in [-0.05, 0) is 93.9 Å². The molecule has 1 saturated carbocycles. The van der Waals surface area contributed by atoms with Crippen molar-refractivity contribution in [2.75, 3.05) is 0 Å². The van der Waals surface area contributed by atoms with Crippen molar-refractivity contribution in [1.29, 1.82) is 5.26 Å². The maximum Gasteiger partial charge on any atom is 0.262 e. The predicted molar refractivity (Wildman–Crippen MR) is 137 cm³/mol. The number of nitrogens with one attached hydrogen (secondary N) is 1. The molecular formula is C22H18Cl2I2N2O2. The molecule has 1 aliphatic rings. The van der Waals surface area contributed by atoms with Crippen molar-refractivity contribution in [2.45, 2.75) is 38.3 Å². The summed E-state index contributed by atoms with van der Waals surface area (Å²) >= 11 is 16.5. The normalized spacial score (nSPS) is 14.4. The Morgan fingerprint density at radius 3 is 2.47 bits per heavy atom. The number of amides is 1. The van der Waals surface area contributed by atoms with Crippen LogP contribution in [-0.2, 0) is 11.4 Å². The molecule has 8 heteroatoms. The fraction of sp³-hybridized carbons (Fsp3) is 0.273. The standard InChI is InChI=1S/C22H18Cl2I2N2O2/c23-16-6-5-14(18(24)10-16)12-30-21-19(25)8-13(9-20(21)26)7-15(11-27)22(29)28-17-3-1-2-4-17/h5-10,17H,1-4,12H2,(H,28,29)/b15-7-. The van der Waals surface area contributed by atoms with Gasteiger partial charge in [-0.15, -0.1) is 0 Å². The summed E-state index contributed by atoms with van der Waals surface area (Å²) in [6, 6.07) is 11.3. The topological polar surface area (TPSA) is 62.1 Å². The summed E-state index contributed by atoms with van der Waals surface area (Å²) in [5, 5.41) is 13.5. The summed E-state index contributed by atoms with van der Waals surface area (Å²) in [5.74, 6) is 0.417. The van der Waals surface area contributed by atoms with E-state index in [1.165, 1.54) is 0 Å². The number of carbonyl (C=O) groups excluding carboxylic acids is 1. The highest BCUT2D eigenvalue weighted by atomic mass is 127. The molecule has 156 valence electrons. The minimum absolute atomic E-state index is 0.107. The van der Waals surface area contributed by atoms with Crippen LogP contribution >= 0.6 is 68.4 Å². The van der Waals surface area contributed by atoms with Crippen LogP contribution in [-0.4, -0.2) is 11.9 Å². The minimum Gasteiger partial charge on any atom is -0.487 e. The molecule has 0 atom stereocenters. The highest BCUT2D eigenvalue weighted by Crippen LogP contribution is 2.31. The first-order valence-corrected chi connectivity index (χ1v) is 12.3. The van der Waals surface area contributed by atoms with E-state index in [0.717, 1.165) is 49.7 Å². The first kappa shape index (κ1) is 23.6. The second kappa shape index (κ2) is 11.0. The average Bonchev–Trinajstić information content (AvgIpc) is 3.19. The quantitative estimate of drug-likeness (QED) is 0.211. The summed E-state index contributed by atoms with van der Waals surface area (Å²) in [5.41, 5.74) is 1.72. The third-order valence-electron chi connectivity index (χ3n) is 4.77. The van der Waals surface area contributed by atoms with Crippen LogP contribution in [0.3, 0.4) is 0 Å². The monoisotopic (exact) mass is 666 g/mol. The van der Waals surface area contributed by atoms with Crippen molar-refractivity contribution in [2.24, 2.45) is 0 Å². The van der Waals surface area contributed by atoms with Gasteiger partial charge in [-0.25, -0.2) is 0 Å². The second-order valence-corrected chi connectivity index (χ2v) is 10.1. The van der Waals surface area contributed by atoms with E-state index >= 15 is 0 Å². The van der Waals surface area contributed by atoms with Crippen molar-refractivity contribution in [1.82, 2.24) is 5.32 Å². The first-order valence-electron chi connectivity index (χ1n) is 9.36. The van der Waals surface area contributed by atoms with Crippen molar-refractivity contribution >= 4 is 80.4 Å². The SMILES string of the molecule is N#C/C(=C/c1cc(I)c(OCc2ccc(Cl)cc2Cl)c(I)c1)C(=O)NC1CCCC1. The number of rotatable bonds is 6. The van der Waals surface area contributed by atoms with E-state index in [2.05, 4.69) is 50.5 Å². The Morgan fingerprint density at radius 1 is 1.20 bits per heavy atom. The van der Waals surface area contributed by atoms with Gasteiger partial charge >= 0.3 is 0 Å². The van der Waals surface area contributed by atoms with Crippen molar-refractivity contribution in [3.05, 3.63) is 64.2 Å². The molecular weight excluding hydrogens is 649 g/mol. The molecule has 0 aliphatic heterocycles. The minimum atomic E-state index is -0.313. The lowest BCUT2D eigenvalue weighted by atomic mass is 10.1. The van der Waals surface area contributed by atoms with Gasteiger partial charge in [0, 0.05) is 21.7 Å². The Kier molecular flexibility index (Phi) is 8.69. The highest BCUT2D eigenvalue weighted by Gasteiger charge is 2.19. The van der Waals surface area contributed by atoms with Crippen molar-refractivity contribution < 1.29 is 9.53 Å². The van der Waals surface area contributed by atoms with Crippen LogP contribution in [0.5, 0.6) is 5.75 Å². The fourth-order valence-electron chi connectivity index (χ4n) is 3.24. The van der Waals surface area contributed by atoms with E-state index in [1.807, 2.05) is 24.3 Å². The molecule has 0 radical (unpaired) electrons. The van der Waals surface area contributed by atoms with Gasteiger partial charge in [0.05, 0.1) is 7.14 Å². The second-order valence-electron chi connectivity index (χ2n) is 6.96. The molecule has 3 rings (SSSR count). The third kappa shape index (κ3) is 6.25. The van der Waals surface area contributed by atoms with E-state index in [9.17, 15) is 10.1 Å². The van der Waals surface area contributed by atoms with Crippen LogP contribution in [0.4, 0.5) is 0 Å². The molecule has 0 spiro atoms. The Balaban J connectivity index is 1.75. The summed E-state index contributed by atoms with van der Waals surface area (Å²) < 4.78 is 7.75. The first-order chi connectivity index (χ1) is 14.4. The van der Waals surface area contributed by atoms with Crippen LogP contribution in [0.1, 0.15) is 36.8 Å². The van der Waals surface area contributed by atoms with Crippen LogP contribution in [0.25, 0.3) is 6.08 Å². The Morgan fingerprint density at radius 2 is 1.87 bits per heavy atom. The largest absolute Gasteiger partial charge is 0.487 e. The molecule has 1 amide bonds. The number of ether oxygens (including phenoxy) is 1. The number of carbonyl (C=O) groups is 1. The van der Waals surface area contributed by atoms with Crippen LogP contribution in [0.2, 0.25) is 10.0 Å². The zero-order chi connectivity index (χ0) is 21.7. The van der Waals surface area contributed by atoms with Gasteiger partial charge in [-0.2, -0.15) is 5.26 Å². The summed E-state index contributed by atoms with van der Waals surface area (Å²) in [7, 11) is 0. The van der Waals surface area contributed by atoms with E-state index < -0.39 is 0 Å². The number of nitrogens with zero attached hydrogens (tertiary/aromatic N) is 1. The number of hydrogen-bond donors (Lipinski definition) is 1. The lowest BCUT2D eigenvalue weighted by Crippen LogP contribution is -2.33. The molecule has 0 saturated heterocycles. The number of nitriles is 1. The molecule has 1 N–H and O–H groups in total. The van der Waals surface area contributed by atoms with Crippen LogP contribution in [0.15, 0.2) is 35.9 Å². The number of hydrogen-bond acceptors (Lipinski definition) is 3. The number of benzene rings is 2. The molecule has 0 heterocycles. The Hall–Kier alpha value is -1.02. The van der Waals surface area contributed by atoms with E-state index in [4.69, 9.17) is 27.9 Å². The lowest BCUT2D eigenvalue weighted by Gasteiger charge is -2.13. The lowest BCUT2D eigenvalue weighted by molar-refractivity contribution is -0.117. The molecule has 2 aromatic rings. The number of halogens is 4. The Labute approximate surface area is 213 Å². The summed E-state index contributed by atoms with van der Waals surface area (Å²) in [6.07, 6.45) is 5.81. The van der Waals surface area contributed by atoms with E-state index in [1.54, 1.807) is 18.2 Å². The summed E-state index contributed by atoms with van der Waals surface area (Å²) in [4.78, 5) is 12.4. The maximum atomic E-state index is 12.4. The van der Waals surface area contributed by atoms with Crippen LogP contribution in [0, 0.1) is 18.5 Å². The Bertz CT molecular complexity index is 1010. The zero-order valence-electron chi connectivity index (χ0n) is 15.9. The van der Waals surface area contributed by atoms with Gasteiger partial charge in [-0.3, -0.25) is 4.79 Å². The molecule has 2 aromatic carbocycles. The van der Waals surface area contributed by atoms with E-state index in [0.29, 0.717) is 16.7 Å². The van der Waals surface area contributed by atoms with E-state index in [-0.39, 0.29) is 17.5 Å². The van der Waals surface area contributed by atoms with Gasteiger partial charge in [0.1, 0.15) is 24.0 Å². The molecule has 0 bridgehead atoms. The smallest absolute Gasteiger partial charge is 0.262 e. The maximum absolute atomic E-state index is 12.4. The van der Waals surface area contributed by atoms with Crippen LogP contribution < -0.4 is 10.1 Å². The van der Waals surface area contributed by atoms with Gasteiger partial charge in [0.15, 0.2) is 0 Å². The van der Waals surface area contributed by atoms with Gasteiger partial charge in [0.25, 0.3) is 5.91 Å². The van der Waals surface area contributed by atoms with Gasteiger partial charge in [-0.1, -0.05) is 42.1 Å². The van der Waals surface area contributed by atoms with Crippen molar-refractivity contribution in [3.63, 3.8) is 0 Å². The summed E-state index contributed by atoms with van der Waals surface area (Å²) in [6.45, 7) is 0.310. The van der Waals surface area contributed by atoms with Crippen molar-refractivity contribution in [3.8, 4) is 11.8 Å². The highest BCUT2D eigenvalue weighted by molar-refractivity contribution is 14.1. The average molecular weight is 667 g/mol.